The predicted molar refractivity (Wildman–Crippen MR) is 58.0 cm³/mol. The minimum Gasteiger partial charge on any atom is -0.393 e. The Balaban J connectivity index is 2.02. The molecule has 3 heterocycles. The largest absolute Gasteiger partial charge is 0.393 e. The van der Waals surface area contributed by atoms with Crippen molar-refractivity contribution in [2.75, 3.05) is 6.61 Å². The number of ether oxygens (including phenoxy) is 1. The molecule has 7 heteroatoms. The molecule has 0 fully saturated rings. The Hall–Kier alpha value is -1.86. The zero-order valence-electron chi connectivity index (χ0n) is 9.19. The van der Waals surface area contributed by atoms with Gasteiger partial charge in [0, 0.05) is 0 Å². The van der Waals surface area contributed by atoms with Crippen molar-refractivity contribution < 1.29 is 9.84 Å². The second-order valence-electron chi connectivity index (χ2n) is 3.83. The van der Waals surface area contributed by atoms with Crippen molar-refractivity contribution in [3.05, 3.63) is 24.2 Å². The fourth-order valence-corrected chi connectivity index (χ4v) is 1.83. The molecule has 1 N–H and O–H groups in total. The number of aromatic nitrogens is 5. The highest BCUT2D eigenvalue weighted by Crippen LogP contribution is 2.24. The molecule has 0 amide bonds. The van der Waals surface area contributed by atoms with Gasteiger partial charge in [-0.1, -0.05) is 6.08 Å². The number of imidazole rings is 1. The molecule has 2 aromatic rings. The standard InChI is InChI=1S/C10H11N5O2/c1-6-9-10(13-14-12-6)15(5-11-9)8-3-2-7(4-16)17-8/h2-3,5,7-8,16H,4H2,1H3/t7-,8+/m0/s1. The summed E-state index contributed by atoms with van der Waals surface area (Å²) in [6.07, 6.45) is 4.75. The van der Waals surface area contributed by atoms with Crippen LogP contribution >= 0.6 is 0 Å². The van der Waals surface area contributed by atoms with E-state index in [-0.39, 0.29) is 18.9 Å². The van der Waals surface area contributed by atoms with Crippen LogP contribution in [0.15, 0.2) is 18.5 Å². The van der Waals surface area contributed by atoms with Crippen molar-refractivity contribution in [2.24, 2.45) is 0 Å². The van der Waals surface area contributed by atoms with Crippen LogP contribution in [0.2, 0.25) is 0 Å². The lowest BCUT2D eigenvalue weighted by Gasteiger charge is -2.13. The highest BCUT2D eigenvalue weighted by Gasteiger charge is 2.22. The molecule has 0 unspecified atom stereocenters. The van der Waals surface area contributed by atoms with E-state index in [9.17, 15) is 0 Å². The maximum Gasteiger partial charge on any atom is 0.188 e. The highest BCUT2D eigenvalue weighted by atomic mass is 16.5. The first-order chi connectivity index (χ1) is 8.29. The van der Waals surface area contributed by atoms with E-state index in [1.54, 1.807) is 10.9 Å². The van der Waals surface area contributed by atoms with Crippen LogP contribution in [-0.4, -0.2) is 42.8 Å². The van der Waals surface area contributed by atoms with Crippen LogP contribution < -0.4 is 0 Å². The van der Waals surface area contributed by atoms with Crippen molar-refractivity contribution in [3.8, 4) is 0 Å². The molecule has 17 heavy (non-hydrogen) atoms. The molecule has 7 nitrogen and oxygen atoms in total. The molecule has 3 rings (SSSR count). The summed E-state index contributed by atoms with van der Waals surface area (Å²) < 4.78 is 7.34. The van der Waals surface area contributed by atoms with Gasteiger partial charge in [-0.15, -0.1) is 10.2 Å². The fraction of sp³-hybridized carbons (Fsp3) is 0.400. The molecule has 1 aliphatic rings. The summed E-state index contributed by atoms with van der Waals surface area (Å²) in [5.41, 5.74) is 2.07. The number of hydrogen-bond donors (Lipinski definition) is 1. The topological polar surface area (TPSA) is 86.0 Å². The van der Waals surface area contributed by atoms with E-state index in [1.165, 1.54) is 0 Å². The Labute approximate surface area is 96.7 Å². The van der Waals surface area contributed by atoms with Gasteiger partial charge in [-0.05, 0) is 18.2 Å². The molecule has 0 bridgehead atoms. The minimum absolute atomic E-state index is 0.0358. The van der Waals surface area contributed by atoms with Gasteiger partial charge in [0.15, 0.2) is 11.9 Å². The van der Waals surface area contributed by atoms with Gasteiger partial charge in [-0.2, -0.15) is 0 Å². The van der Waals surface area contributed by atoms with Crippen LogP contribution in [0.25, 0.3) is 11.2 Å². The minimum atomic E-state index is -0.298. The van der Waals surface area contributed by atoms with Crippen molar-refractivity contribution in [1.82, 2.24) is 25.0 Å². The summed E-state index contributed by atoms with van der Waals surface area (Å²) in [4.78, 5) is 4.24. The van der Waals surface area contributed by atoms with E-state index < -0.39 is 0 Å². The summed E-state index contributed by atoms with van der Waals surface area (Å²) >= 11 is 0. The molecule has 0 spiro atoms. The van der Waals surface area contributed by atoms with Crippen LogP contribution in [0.5, 0.6) is 0 Å². The maximum atomic E-state index is 9.00. The predicted octanol–water partition coefficient (Wildman–Crippen LogP) is -0.0244. The van der Waals surface area contributed by atoms with Crippen LogP contribution in [0, 0.1) is 6.92 Å². The Morgan fingerprint density at radius 3 is 3.06 bits per heavy atom. The third kappa shape index (κ3) is 1.60. The lowest BCUT2D eigenvalue weighted by atomic mass is 10.4. The Morgan fingerprint density at radius 1 is 1.41 bits per heavy atom. The highest BCUT2D eigenvalue weighted by molar-refractivity contribution is 5.72. The Bertz CT molecular complexity index is 579. The number of hydrogen-bond acceptors (Lipinski definition) is 6. The van der Waals surface area contributed by atoms with E-state index in [4.69, 9.17) is 9.84 Å². The summed E-state index contributed by atoms with van der Waals surface area (Å²) in [6.45, 7) is 1.79. The zero-order chi connectivity index (χ0) is 11.8. The van der Waals surface area contributed by atoms with Gasteiger partial charge in [-0.3, -0.25) is 4.57 Å². The van der Waals surface area contributed by atoms with Crippen molar-refractivity contribution in [3.63, 3.8) is 0 Å². The van der Waals surface area contributed by atoms with Crippen molar-refractivity contribution in [1.29, 1.82) is 0 Å². The molecule has 2 aromatic heterocycles. The lowest BCUT2D eigenvalue weighted by Crippen LogP contribution is -2.15. The number of aryl methyl sites for hydroxylation is 1. The number of fused-ring (bicyclic) bond motifs is 1. The molecular weight excluding hydrogens is 222 g/mol. The molecule has 0 aromatic carbocycles. The first kappa shape index (κ1) is 10.3. The second kappa shape index (κ2) is 3.86. The molecule has 0 saturated carbocycles. The number of aliphatic hydroxyl groups excluding tert-OH is 1. The van der Waals surface area contributed by atoms with E-state index in [1.807, 2.05) is 19.1 Å². The molecule has 1 aliphatic heterocycles. The Morgan fingerprint density at radius 2 is 2.29 bits per heavy atom. The maximum absolute atomic E-state index is 9.00. The fourth-order valence-electron chi connectivity index (χ4n) is 1.83. The van der Waals surface area contributed by atoms with E-state index in [0.717, 1.165) is 5.69 Å². The smallest absolute Gasteiger partial charge is 0.188 e. The van der Waals surface area contributed by atoms with Crippen molar-refractivity contribution in [2.45, 2.75) is 19.3 Å². The van der Waals surface area contributed by atoms with Gasteiger partial charge in [-0.25, -0.2) is 4.98 Å². The first-order valence-corrected chi connectivity index (χ1v) is 5.26. The molecular formula is C10H11N5O2. The third-order valence-corrected chi connectivity index (χ3v) is 2.70. The number of nitrogens with zero attached hydrogens (tertiary/aromatic N) is 5. The number of aliphatic hydroxyl groups is 1. The van der Waals surface area contributed by atoms with Gasteiger partial charge in [0.2, 0.25) is 0 Å². The third-order valence-electron chi connectivity index (χ3n) is 2.70. The normalized spacial score (nSPS) is 23.6. The number of rotatable bonds is 2. The van der Waals surface area contributed by atoms with E-state index in [2.05, 4.69) is 20.4 Å². The summed E-state index contributed by atoms with van der Waals surface area (Å²) in [5.74, 6) is 0. The monoisotopic (exact) mass is 233 g/mol. The van der Waals surface area contributed by atoms with E-state index >= 15 is 0 Å². The molecule has 88 valence electrons. The zero-order valence-corrected chi connectivity index (χ0v) is 9.19. The van der Waals surface area contributed by atoms with Crippen LogP contribution in [0.4, 0.5) is 0 Å². The second-order valence-corrected chi connectivity index (χ2v) is 3.83. The van der Waals surface area contributed by atoms with Crippen molar-refractivity contribution >= 4 is 11.2 Å². The first-order valence-electron chi connectivity index (χ1n) is 5.26. The summed E-state index contributed by atoms with van der Waals surface area (Å²) in [5, 5.41) is 20.5. The summed E-state index contributed by atoms with van der Waals surface area (Å²) in [7, 11) is 0. The van der Waals surface area contributed by atoms with Gasteiger partial charge >= 0.3 is 0 Å². The van der Waals surface area contributed by atoms with Gasteiger partial charge in [0.05, 0.1) is 18.6 Å². The molecule has 2 atom stereocenters. The molecule has 0 radical (unpaired) electrons. The van der Waals surface area contributed by atoms with Crippen LogP contribution in [-0.2, 0) is 4.74 Å². The van der Waals surface area contributed by atoms with Crippen LogP contribution in [0.1, 0.15) is 11.9 Å². The molecule has 0 saturated heterocycles. The van der Waals surface area contributed by atoms with Gasteiger partial charge in [0.1, 0.15) is 11.6 Å². The van der Waals surface area contributed by atoms with Crippen LogP contribution in [0.3, 0.4) is 0 Å². The quantitative estimate of drug-likeness (QED) is 0.733. The van der Waals surface area contributed by atoms with Gasteiger partial charge < -0.3 is 9.84 Å². The molecule has 0 aliphatic carbocycles. The summed E-state index contributed by atoms with van der Waals surface area (Å²) in [6, 6.07) is 0. The Kier molecular flexibility index (Phi) is 2.34. The van der Waals surface area contributed by atoms with Gasteiger partial charge in [0.25, 0.3) is 0 Å². The average molecular weight is 233 g/mol. The SMILES string of the molecule is Cc1nnnc2c1ncn2[C@H]1C=C[C@@H](CO)O1. The average Bonchev–Trinajstić information content (AvgIpc) is 2.94. The van der Waals surface area contributed by atoms with E-state index in [0.29, 0.717) is 11.2 Å². The lowest BCUT2D eigenvalue weighted by molar-refractivity contribution is -0.00644.